The van der Waals surface area contributed by atoms with Crippen LogP contribution in [0.1, 0.15) is 23.3 Å². The van der Waals surface area contributed by atoms with Gasteiger partial charge in [-0.15, -0.1) is 0 Å². The number of hydrogen-bond donors (Lipinski definition) is 2. The summed E-state index contributed by atoms with van der Waals surface area (Å²) in [6.45, 7) is 0. The normalized spacial score (nSPS) is 14.0. The lowest BCUT2D eigenvalue weighted by atomic mass is 9.96. The van der Waals surface area contributed by atoms with Crippen molar-refractivity contribution in [2.75, 3.05) is 19.9 Å². The second-order valence-corrected chi connectivity index (χ2v) is 4.34. The molecule has 2 aromatic rings. The van der Waals surface area contributed by atoms with Gasteiger partial charge >= 0.3 is 0 Å². The molecule has 1 aromatic carbocycles. The third-order valence-electron chi connectivity index (χ3n) is 3.22. The van der Waals surface area contributed by atoms with Crippen molar-refractivity contribution in [1.29, 1.82) is 0 Å². The molecule has 0 spiro atoms. The summed E-state index contributed by atoms with van der Waals surface area (Å²) in [4.78, 5) is 4.15. The molecule has 19 heavy (non-hydrogen) atoms. The van der Waals surface area contributed by atoms with Crippen LogP contribution in [-0.4, -0.2) is 19.1 Å². The molecule has 0 amide bonds. The van der Waals surface area contributed by atoms with E-state index in [0.717, 1.165) is 11.1 Å². The number of nitrogens with two attached hydrogens (primary N) is 1. The molecule has 2 atom stereocenters. The molecule has 2 unspecified atom stereocenters. The number of nitrogens with zero attached hydrogens (tertiary/aromatic N) is 1. The Morgan fingerprint density at radius 3 is 2.53 bits per heavy atom. The number of ether oxygens (including phenoxy) is 1. The summed E-state index contributed by atoms with van der Waals surface area (Å²) in [6.07, 6.45) is 3.36. The van der Waals surface area contributed by atoms with E-state index in [9.17, 15) is 0 Å². The third kappa shape index (κ3) is 2.92. The Balaban J connectivity index is 2.38. The summed E-state index contributed by atoms with van der Waals surface area (Å²) < 4.78 is 5.65. The van der Waals surface area contributed by atoms with Crippen LogP contribution in [0, 0.1) is 0 Å². The maximum Gasteiger partial charge on any atom is 0.102 e. The van der Waals surface area contributed by atoms with Crippen molar-refractivity contribution in [1.82, 2.24) is 10.3 Å². The van der Waals surface area contributed by atoms with E-state index in [1.807, 2.05) is 37.4 Å². The molecule has 4 nitrogen and oxygen atoms in total. The molecule has 0 saturated heterocycles. The zero-order valence-corrected chi connectivity index (χ0v) is 11.2. The highest BCUT2D eigenvalue weighted by Gasteiger charge is 2.24. The van der Waals surface area contributed by atoms with Crippen LogP contribution in [0.5, 0.6) is 0 Å². The lowest BCUT2D eigenvalue weighted by Gasteiger charge is -2.27. The van der Waals surface area contributed by atoms with Gasteiger partial charge in [0, 0.05) is 30.8 Å². The highest BCUT2D eigenvalue weighted by atomic mass is 16.5. The van der Waals surface area contributed by atoms with Crippen LogP contribution in [0.2, 0.25) is 0 Å². The third-order valence-corrected chi connectivity index (χ3v) is 3.22. The molecule has 1 aromatic heterocycles. The summed E-state index contributed by atoms with van der Waals surface area (Å²) >= 11 is 0. The van der Waals surface area contributed by atoms with Crippen LogP contribution in [0.15, 0.2) is 48.8 Å². The first-order chi connectivity index (χ1) is 9.27. The highest BCUT2D eigenvalue weighted by Crippen LogP contribution is 2.33. The van der Waals surface area contributed by atoms with Crippen LogP contribution >= 0.6 is 0 Å². The minimum absolute atomic E-state index is 0.0406. The summed E-state index contributed by atoms with van der Waals surface area (Å²) in [5.41, 5.74) is 8.80. The monoisotopic (exact) mass is 257 g/mol. The lowest BCUT2D eigenvalue weighted by Crippen LogP contribution is -2.26. The van der Waals surface area contributed by atoms with Crippen LogP contribution in [-0.2, 0) is 4.74 Å². The van der Waals surface area contributed by atoms with Gasteiger partial charge in [0.2, 0.25) is 0 Å². The van der Waals surface area contributed by atoms with Gasteiger partial charge in [-0.25, -0.2) is 0 Å². The number of nitrogen functional groups attached to an aromatic ring is 1. The molecule has 0 aliphatic rings. The van der Waals surface area contributed by atoms with E-state index >= 15 is 0 Å². The maximum atomic E-state index is 6.03. The molecule has 1 heterocycles. The van der Waals surface area contributed by atoms with Crippen LogP contribution < -0.4 is 11.1 Å². The van der Waals surface area contributed by atoms with E-state index in [4.69, 9.17) is 10.5 Å². The quantitative estimate of drug-likeness (QED) is 0.863. The highest BCUT2D eigenvalue weighted by molar-refractivity contribution is 5.47. The van der Waals surface area contributed by atoms with Crippen LogP contribution in [0.25, 0.3) is 0 Å². The Kier molecular flexibility index (Phi) is 4.49. The number of rotatable bonds is 5. The summed E-state index contributed by atoms with van der Waals surface area (Å²) in [7, 11) is 3.60. The van der Waals surface area contributed by atoms with E-state index in [-0.39, 0.29) is 12.1 Å². The van der Waals surface area contributed by atoms with Crippen molar-refractivity contribution in [3.8, 4) is 0 Å². The molecule has 0 radical (unpaired) electrons. The Labute approximate surface area is 113 Å². The largest absolute Gasteiger partial charge is 0.398 e. The number of nitrogens with one attached hydrogen (secondary N) is 1. The van der Waals surface area contributed by atoms with Gasteiger partial charge in [-0.2, -0.15) is 0 Å². The van der Waals surface area contributed by atoms with Crippen molar-refractivity contribution in [3.63, 3.8) is 0 Å². The average molecular weight is 257 g/mol. The zero-order valence-electron chi connectivity index (χ0n) is 11.2. The topological polar surface area (TPSA) is 60.2 Å². The molecule has 100 valence electrons. The minimum atomic E-state index is -0.113. The van der Waals surface area contributed by atoms with Gasteiger partial charge < -0.3 is 15.8 Å². The first-order valence-electron chi connectivity index (χ1n) is 6.22. The average Bonchev–Trinajstić information content (AvgIpc) is 2.46. The van der Waals surface area contributed by atoms with E-state index in [0.29, 0.717) is 5.69 Å². The first-order valence-corrected chi connectivity index (χ1v) is 6.22. The fourth-order valence-corrected chi connectivity index (χ4v) is 2.25. The Bertz CT molecular complexity index is 516. The SMILES string of the molecule is CNC(c1cnccc1N)C(OC)c1ccccc1. The Morgan fingerprint density at radius 1 is 1.21 bits per heavy atom. The standard InChI is InChI=1S/C15H19N3O/c1-17-14(12-10-18-9-8-13(12)16)15(19-2)11-6-4-3-5-7-11/h3-10,14-15,17H,1-2H3,(H2,16,18). The molecule has 3 N–H and O–H groups in total. The predicted molar refractivity (Wildman–Crippen MR) is 76.6 cm³/mol. The summed E-state index contributed by atoms with van der Waals surface area (Å²) in [5, 5.41) is 3.26. The predicted octanol–water partition coefficient (Wildman–Crippen LogP) is 2.31. The summed E-state index contributed by atoms with van der Waals surface area (Å²) in [5.74, 6) is 0. The fraction of sp³-hybridized carbons (Fsp3) is 0.267. The number of methoxy groups -OCH3 is 1. The number of aromatic nitrogens is 1. The van der Waals surface area contributed by atoms with Crippen molar-refractivity contribution in [3.05, 3.63) is 59.9 Å². The molecule has 0 aliphatic carbocycles. The molecule has 0 aliphatic heterocycles. The number of benzene rings is 1. The van der Waals surface area contributed by atoms with Gasteiger partial charge in [-0.3, -0.25) is 4.98 Å². The molecular weight excluding hydrogens is 238 g/mol. The summed E-state index contributed by atoms with van der Waals surface area (Å²) in [6, 6.07) is 11.8. The zero-order chi connectivity index (χ0) is 13.7. The first kappa shape index (κ1) is 13.5. The van der Waals surface area contributed by atoms with E-state index in [1.165, 1.54) is 0 Å². The van der Waals surface area contributed by atoms with Crippen molar-refractivity contribution < 1.29 is 4.74 Å². The lowest BCUT2D eigenvalue weighted by molar-refractivity contribution is 0.0703. The Hall–Kier alpha value is -1.91. The number of pyridine rings is 1. The molecule has 0 fully saturated rings. The number of anilines is 1. The number of hydrogen-bond acceptors (Lipinski definition) is 4. The fourth-order valence-electron chi connectivity index (χ4n) is 2.25. The van der Waals surface area contributed by atoms with Gasteiger partial charge in [0.25, 0.3) is 0 Å². The second-order valence-electron chi connectivity index (χ2n) is 4.34. The van der Waals surface area contributed by atoms with Crippen molar-refractivity contribution in [2.45, 2.75) is 12.1 Å². The van der Waals surface area contributed by atoms with Gasteiger partial charge in [0.15, 0.2) is 0 Å². The molecule has 0 saturated carbocycles. The van der Waals surface area contributed by atoms with Gasteiger partial charge in [-0.1, -0.05) is 30.3 Å². The molecule has 2 rings (SSSR count). The maximum absolute atomic E-state index is 6.03. The number of likely N-dealkylation sites (N-methyl/N-ethyl adjacent to an activating group) is 1. The van der Waals surface area contributed by atoms with E-state index in [2.05, 4.69) is 10.3 Å². The smallest absolute Gasteiger partial charge is 0.102 e. The van der Waals surface area contributed by atoms with Gasteiger partial charge in [0.05, 0.1) is 6.04 Å². The van der Waals surface area contributed by atoms with Gasteiger partial charge in [-0.05, 0) is 18.7 Å². The van der Waals surface area contributed by atoms with E-state index in [1.54, 1.807) is 25.6 Å². The van der Waals surface area contributed by atoms with Gasteiger partial charge in [0.1, 0.15) is 6.10 Å². The van der Waals surface area contributed by atoms with Crippen LogP contribution in [0.3, 0.4) is 0 Å². The molecule has 0 bridgehead atoms. The second kappa shape index (κ2) is 6.31. The molecular formula is C15H19N3O. The van der Waals surface area contributed by atoms with Crippen molar-refractivity contribution >= 4 is 5.69 Å². The molecule has 4 heteroatoms. The minimum Gasteiger partial charge on any atom is -0.398 e. The van der Waals surface area contributed by atoms with E-state index < -0.39 is 0 Å². The Morgan fingerprint density at radius 2 is 1.95 bits per heavy atom. The van der Waals surface area contributed by atoms with Crippen molar-refractivity contribution in [2.24, 2.45) is 0 Å². The van der Waals surface area contributed by atoms with Crippen LogP contribution in [0.4, 0.5) is 5.69 Å².